The molecule has 34 heavy (non-hydrogen) atoms. The number of carbonyl (C=O) groups is 1. The third kappa shape index (κ3) is 8.30. The monoisotopic (exact) mass is 524 g/mol. The molecule has 0 spiro atoms. The Labute approximate surface area is 215 Å². The molecule has 2 aromatic heterocycles. The Hall–Kier alpha value is -2.07. The minimum atomic E-state index is -0.0802. The number of nitrogens with two attached hydrogens (primary N) is 1. The number of aliphatic hydroxyl groups is 1. The van der Waals surface area contributed by atoms with E-state index in [1.54, 1.807) is 18.5 Å². The highest BCUT2D eigenvalue weighted by Crippen LogP contribution is 2.24. The van der Waals surface area contributed by atoms with Crippen LogP contribution in [0.15, 0.2) is 55.1 Å². The molecule has 0 radical (unpaired) electrons. The van der Waals surface area contributed by atoms with Gasteiger partial charge in [0, 0.05) is 56.2 Å². The molecule has 1 aromatic carbocycles. The van der Waals surface area contributed by atoms with E-state index in [0.29, 0.717) is 40.2 Å². The van der Waals surface area contributed by atoms with Crippen LogP contribution in [-0.4, -0.2) is 40.7 Å². The van der Waals surface area contributed by atoms with Crippen LogP contribution in [0.3, 0.4) is 0 Å². The molecular weight excluding hydrogens is 495 g/mol. The van der Waals surface area contributed by atoms with Crippen molar-refractivity contribution in [1.82, 2.24) is 9.55 Å². The van der Waals surface area contributed by atoms with Crippen LogP contribution in [0, 0.1) is 5.92 Å². The van der Waals surface area contributed by atoms with Gasteiger partial charge in [-0.3, -0.25) is 14.9 Å². The number of carbonyl (C=O) groups excluding carboxylic acids is 1. The fourth-order valence-electron chi connectivity index (χ4n) is 3.36. The number of nitrogens with zero attached hydrogens (tertiary/aromatic N) is 2. The first-order valence-corrected chi connectivity index (χ1v) is 12.3. The highest BCUT2D eigenvalue weighted by atomic mass is 35.5. The average Bonchev–Trinajstić information content (AvgIpc) is 3.33. The molecule has 3 aromatic rings. The highest BCUT2D eigenvalue weighted by Gasteiger charge is 2.16. The number of halogens is 2. The fraction of sp³-hybridized carbons (Fsp3) is 0.333. The van der Waals surface area contributed by atoms with Crippen molar-refractivity contribution in [2.45, 2.75) is 26.3 Å². The Morgan fingerprint density at radius 1 is 1.26 bits per heavy atom. The number of hydrogen-bond acceptors (Lipinski definition) is 7. The number of anilines is 1. The number of pyridine rings is 1. The molecule has 0 fully saturated rings. The summed E-state index contributed by atoms with van der Waals surface area (Å²) in [5.74, 6) is 0.318. The van der Waals surface area contributed by atoms with E-state index in [9.17, 15) is 4.79 Å². The SMILES string of the molecule is CCC(CCNc1ccncc1C(=O)c1ccn(Cc2ccc(Cl)c(Cl)c2)c1)COSN.CO. The zero-order chi connectivity index (χ0) is 24.9. The summed E-state index contributed by atoms with van der Waals surface area (Å²) in [6, 6.07) is 9.15. The van der Waals surface area contributed by atoms with Crippen LogP contribution in [0.25, 0.3) is 0 Å². The van der Waals surface area contributed by atoms with E-state index in [1.165, 1.54) is 0 Å². The van der Waals surface area contributed by atoms with E-state index in [4.69, 9.17) is 37.6 Å². The van der Waals surface area contributed by atoms with E-state index in [2.05, 4.69) is 17.2 Å². The summed E-state index contributed by atoms with van der Waals surface area (Å²) in [5.41, 5.74) is 2.91. The summed E-state index contributed by atoms with van der Waals surface area (Å²) in [5, 5.41) is 16.7. The predicted octanol–water partition coefficient (Wildman–Crippen LogP) is 5.44. The fourth-order valence-corrected chi connectivity index (χ4v) is 3.95. The summed E-state index contributed by atoms with van der Waals surface area (Å²) >= 11 is 13.0. The van der Waals surface area contributed by atoms with Gasteiger partial charge >= 0.3 is 0 Å². The number of aromatic nitrogens is 2. The predicted molar refractivity (Wildman–Crippen MR) is 140 cm³/mol. The first-order valence-electron chi connectivity index (χ1n) is 10.8. The summed E-state index contributed by atoms with van der Waals surface area (Å²) in [6.07, 6.45) is 8.90. The van der Waals surface area contributed by atoms with Gasteiger partial charge in [0.05, 0.1) is 34.4 Å². The molecule has 2 heterocycles. The number of nitrogens with one attached hydrogen (secondary N) is 1. The number of benzene rings is 1. The quantitative estimate of drug-likeness (QED) is 0.164. The van der Waals surface area contributed by atoms with Crippen molar-refractivity contribution in [3.05, 3.63) is 81.9 Å². The van der Waals surface area contributed by atoms with Crippen molar-refractivity contribution >= 4 is 46.9 Å². The third-order valence-corrected chi connectivity index (χ3v) is 6.26. The van der Waals surface area contributed by atoms with Gasteiger partial charge in [0.15, 0.2) is 5.78 Å². The first kappa shape index (κ1) is 28.2. The second-order valence-corrected chi connectivity index (χ2v) is 8.68. The molecule has 0 amide bonds. The van der Waals surface area contributed by atoms with E-state index in [-0.39, 0.29) is 5.78 Å². The summed E-state index contributed by atoms with van der Waals surface area (Å²) in [7, 11) is 1.00. The van der Waals surface area contributed by atoms with Crippen LogP contribution in [0.2, 0.25) is 10.0 Å². The summed E-state index contributed by atoms with van der Waals surface area (Å²) < 4.78 is 7.19. The van der Waals surface area contributed by atoms with Crippen LogP contribution in [0.4, 0.5) is 5.69 Å². The van der Waals surface area contributed by atoms with Gasteiger partial charge in [-0.05, 0) is 42.2 Å². The van der Waals surface area contributed by atoms with Crippen LogP contribution in [0.5, 0.6) is 0 Å². The van der Waals surface area contributed by atoms with Gasteiger partial charge in [0.1, 0.15) is 0 Å². The van der Waals surface area contributed by atoms with Crippen LogP contribution in [0.1, 0.15) is 41.3 Å². The Balaban J connectivity index is 0.00000199. The third-order valence-electron chi connectivity index (χ3n) is 5.24. The smallest absolute Gasteiger partial charge is 0.198 e. The van der Waals surface area contributed by atoms with Crippen LogP contribution in [-0.2, 0) is 10.7 Å². The van der Waals surface area contributed by atoms with Crippen molar-refractivity contribution in [3.8, 4) is 0 Å². The van der Waals surface area contributed by atoms with Gasteiger partial charge < -0.3 is 19.2 Å². The molecule has 1 unspecified atom stereocenters. The normalized spacial score (nSPS) is 11.5. The van der Waals surface area contributed by atoms with Gasteiger partial charge in [-0.2, -0.15) is 0 Å². The number of rotatable bonds is 12. The molecule has 3 rings (SSSR count). The van der Waals surface area contributed by atoms with E-state index < -0.39 is 0 Å². The molecule has 0 saturated heterocycles. The van der Waals surface area contributed by atoms with Crippen LogP contribution >= 0.6 is 35.4 Å². The van der Waals surface area contributed by atoms with Gasteiger partial charge in [0.2, 0.25) is 0 Å². The lowest BCUT2D eigenvalue weighted by atomic mass is 10.0. The first-order chi connectivity index (χ1) is 16.5. The zero-order valence-electron chi connectivity index (χ0n) is 19.2. The standard InChI is InChI=1S/C23H26Cl2N4O2S.CH4O/c1-2-16(15-31-32-26)5-9-28-22-6-8-27-12-19(22)23(30)18-7-10-29(14-18)13-17-3-4-20(24)21(25)11-17;1-2/h3-4,6-8,10-12,14,16H,2,5,9,13,15,26H2,1H3,(H,27,28);2H,1H3. The summed E-state index contributed by atoms with van der Waals surface area (Å²) in [4.78, 5) is 17.3. The van der Waals surface area contributed by atoms with Crippen LogP contribution < -0.4 is 10.5 Å². The Morgan fingerprint density at radius 3 is 2.76 bits per heavy atom. The largest absolute Gasteiger partial charge is 0.400 e. The maximum absolute atomic E-state index is 13.2. The number of aliphatic hydroxyl groups excluding tert-OH is 1. The second kappa shape index (κ2) is 15.0. The summed E-state index contributed by atoms with van der Waals surface area (Å²) in [6.45, 7) is 4.04. The molecule has 4 N–H and O–H groups in total. The van der Waals surface area contributed by atoms with Gasteiger partial charge in [-0.15, -0.1) is 0 Å². The van der Waals surface area contributed by atoms with Gasteiger partial charge in [-0.25, -0.2) is 0 Å². The molecule has 1 atom stereocenters. The van der Waals surface area contributed by atoms with Gasteiger partial charge in [-0.1, -0.05) is 42.6 Å². The molecule has 0 aliphatic rings. The van der Waals surface area contributed by atoms with E-state index in [1.807, 2.05) is 41.2 Å². The molecule has 0 saturated carbocycles. The highest BCUT2D eigenvalue weighted by molar-refractivity contribution is 7.92. The van der Waals surface area contributed by atoms with E-state index in [0.717, 1.165) is 50.0 Å². The maximum atomic E-state index is 13.2. The number of ketones is 1. The van der Waals surface area contributed by atoms with Gasteiger partial charge in [0.25, 0.3) is 0 Å². The van der Waals surface area contributed by atoms with Crippen molar-refractivity contribution in [2.24, 2.45) is 11.1 Å². The lowest BCUT2D eigenvalue weighted by Crippen LogP contribution is -2.15. The topological polar surface area (TPSA) is 102 Å². The molecule has 7 nitrogen and oxygen atoms in total. The average molecular weight is 526 g/mol. The maximum Gasteiger partial charge on any atom is 0.198 e. The molecular formula is C24H30Cl2N4O3S. The molecule has 0 bridgehead atoms. The second-order valence-electron chi connectivity index (χ2n) is 7.44. The number of hydrogen-bond donors (Lipinski definition) is 3. The van der Waals surface area contributed by atoms with Crippen molar-refractivity contribution < 1.29 is 14.1 Å². The van der Waals surface area contributed by atoms with Crippen molar-refractivity contribution in [3.63, 3.8) is 0 Å². The zero-order valence-corrected chi connectivity index (χ0v) is 21.5. The molecule has 0 aliphatic carbocycles. The lowest BCUT2D eigenvalue weighted by Gasteiger charge is -2.15. The Kier molecular flexibility index (Phi) is 12.5. The van der Waals surface area contributed by atoms with E-state index >= 15 is 0 Å². The Bertz CT molecular complexity index is 1050. The minimum absolute atomic E-state index is 0.0802. The molecule has 10 heteroatoms. The minimum Gasteiger partial charge on any atom is -0.400 e. The molecule has 0 aliphatic heterocycles. The van der Waals surface area contributed by atoms with Crippen molar-refractivity contribution in [2.75, 3.05) is 25.6 Å². The van der Waals surface area contributed by atoms with Crippen molar-refractivity contribution in [1.29, 1.82) is 0 Å². The lowest BCUT2D eigenvalue weighted by molar-refractivity contribution is 0.103. The Morgan fingerprint density at radius 2 is 2.06 bits per heavy atom. The molecule has 184 valence electrons.